The molecule has 0 N–H and O–H groups in total. The number of piperazine rings is 1. The Balaban J connectivity index is 1.65. The van der Waals surface area contributed by atoms with E-state index in [0.29, 0.717) is 31.1 Å². The zero-order valence-electron chi connectivity index (χ0n) is 15.1. The van der Waals surface area contributed by atoms with Crippen molar-refractivity contribution in [3.63, 3.8) is 0 Å². The minimum atomic E-state index is 0.0291. The molecule has 2 heterocycles. The number of hydrogen-bond acceptors (Lipinski definition) is 4. The third-order valence-electron chi connectivity index (χ3n) is 4.71. The maximum absolute atomic E-state index is 12.7. The molecule has 0 saturated carbocycles. The number of aromatic nitrogens is 1. The van der Waals surface area contributed by atoms with Gasteiger partial charge in [-0.15, -0.1) is 11.3 Å². The Morgan fingerprint density at radius 2 is 1.52 bits per heavy atom. The summed E-state index contributed by atoms with van der Waals surface area (Å²) in [4.78, 5) is 34.0. The SMILES string of the molecule is Cc1nc(C)c(C(=O)N2CCN(C(=O)c3ccc(C)c(C)c3)CC2)s1. The third kappa shape index (κ3) is 3.58. The lowest BCUT2D eigenvalue weighted by atomic mass is 10.1. The van der Waals surface area contributed by atoms with Gasteiger partial charge in [-0.3, -0.25) is 9.59 Å². The number of nitrogens with zero attached hydrogens (tertiary/aromatic N) is 3. The van der Waals surface area contributed by atoms with Gasteiger partial charge in [0.15, 0.2) is 0 Å². The largest absolute Gasteiger partial charge is 0.335 e. The number of carbonyl (C=O) groups excluding carboxylic acids is 2. The van der Waals surface area contributed by atoms with Crippen LogP contribution in [0.4, 0.5) is 0 Å². The second-order valence-electron chi connectivity index (χ2n) is 6.53. The Morgan fingerprint density at radius 1 is 0.920 bits per heavy atom. The van der Waals surface area contributed by atoms with E-state index in [-0.39, 0.29) is 11.8 Å². The van der Waals surface area contributed by atoms with Crippen molar-refractivity contribution in [3.05, 3.63) is 50.5 Å². The Kier molecular flexibility index (Phi) is 4.90. The molecule has 0 unspecified atom stereocenters. The van der Waals surface area contributed by atoms with E-state index >= 15 is 0 Å². The molecule has 0 atom stereocenters. The van der Waals surface area contributed by atoms with Crippen LogP contribution < -0.4 is 0 Å². The average Bonchev–Trinajstić information content (AvgIpc) is 2.94. The predicted molar refractivity (Wildman–Crippen MR) is 99.3 cm³/mol. The highest BCUT2D eigenvalue weighted by molar-refractivity contribution is 7.13. The molecule has 1 fully saturated rings. The lowest BCUT2D eigenvalue weighted by molar-refractivity contribution is 0.0537. The summed E-state index contributed by atoms with van der Waals surface area (Å²) >= 11 is 1.44. The molecule has 0 aliphatic carbocycles. The van der Waals surface area contributed by atoms with Gasteiger partial charge in [0.2, 0.25) is 0 Å². The highest BCUT2D eigenvalue weighted by Gasteiger charge is 2.27. The quantitative estimate of drug-likeness (QED) is 0.830. The van der Waals surface area contributed by atoms with Crippen LogP contribution in [0.2, 0.25) is 0 Å². The molecule has 1 aromatic heterocycles. The normalized spacial score (nSPS) is 14.7. The summed E-state index contributed by atoms with van der Waals surface area (Å²) in [6, 6.07) is 5.81. The topological polar surface area (TPSA) is 53.5 Å². The number of aryl methyl sites for hydroxylation is 4. The minimum Gasteiger partial charge on any atom is -0.335 e. The van der Waals surface area contributed by atoms with Gasteiger partial charge in [-0.05, 0) is 51.0 Å². The Labute approximate surface area is 152 Å². The molecule has 1 saturated heterocycles. The first kappa shape index (κ1) is 17.6. The van der Waals surface area contributed by atoms with Gasteiger partial charge in [0.1, 0.15) is 4.88 Å². The molecular weight excluding hydrogens is 334 g/mol. The first-order chi connectivity index (χ1) is 11.9. The first-order valence-electron chi connectivity index (χ1n) is 8.46. The zero-order chi connectivity index (χ0) is 18.1. The molecule has 1 aliphatic heterocycles. The van der Waals surface area contributed by atoms with Crippen molar-refractivity contribution in [3.8, 4) is 0 Å². The molecule has 0 radical (unpaired) electrons. The fraction of sp³-hybridized carbons (Fsp3) is 0.421. The first-order valence-corrected chi connectivity index (χ1v) is 9.28. The van der Waals surface area contributed by atoms with E-state index < -0.39 is 0 Å². The van der Waals surface area contributed by atoms with E-state index in [1.54, 1.807) is 0 Å². The van der Waals surface area contributed by atoms with Gasteiger partial charge in [0, 0.05) is 31.7 Å². The molecular formula is C19H23N3O2S. The van der Waals surface area contributed by atoms with Gasteiger partial charge in [-0.2, -0.15) is 0 Å². The van der Waals surface area contributed by atoms with Crippen molar-refractivity contribution in [2.45, 2.75) is 27.7 Å². The fourth-order valence-corrected chi connectivity index (χ4v) is 3.93. The van der Waals surface area contributed by atoms with E-state index in [4.69, 9.17) is 0 Å². The van der Waals surface area contributed by atoms with Crippen LogP contribution in [0.1, 0.15) is 41.9 Å². The van der Waals surface area contributed by atoms with Gasteiger partial charge in [-0.1, -0.05) is 6.07 Å². The van der Waals surface area contributed by atoms with E-state index in [0.717, 1.165) is 21.8 Å². The summed E-state index contributed by atoms with van der Waals surface area (Å²) in [7, 11) is 0. The number of amides is 2. The average molecular weight is 357 g/mol. The Hall–Kier alpha value is -2.21. The van der Waals surface area contributed by atoms with Crippen LogP contribution in [0.15, 0.2) is 18.2 Å². The van der Waals surface area contributed by atoms with Crippen LogP contribution in [0.3, 0.4) is 0 Å². The van der Waals surface area contributed by atoms with E-state index in [9.17, 15) is 9.59 Å². The highest BCUT2D eigenvalue weighted by atomic mass is 32.1. The molecule has 0 spiro atoms. The van der Waals surface area contributed by atoms with E-state index in [1.165, 1.54) is 16.9 Å². The van der Waals surface area contributed by atoms with Gasteiger partial charge < -0.3 is 9.80 Å². The number of carbonyl (C=O) groups is 2. The lowest BCUT2D eigenvalue weighted by Gasteiger charge is -2.34. The monoisotopic (exact) mass is 357 g/mol. The maximum atomic E-state index is 12.7. The fourth-order valence-electron chi connectivity index (χ4n) is 3.04. The summed E-state index contributed by atoms with van der Waals surface area (Å²) in [5, 5.41) is 0.907. The van der Waals surface area contributed by atoms with Crippen LogP contribution >= 0.6 is 11.3 Å². The molecule has 3 rings (SSSR count). The number of hydrogen-bond donors (Lipinski definition) is 0. The smallest absolute Gasteiger partial charge is 0.265 e. The van der Waals surface area contributed by atoms with Gasteiger partial charge >= 0.3 is 0 Å². The summed E-state index contributed by atoms with van der Waals surface area (Å²) in [6.45, 7) is 10.1. The maximum Gasteiger partial charge on any atom is 0.265 e. The molecule has 1 aliphatic rings. The van der Waals surface area contributed by atoms with Gasteiger partial charge in [0.05, 0.1) is 10.7 Å². The van der Waals surface area contributed by atoms with E-state index in [1.807, 2.05) is 55.7 Å². The summed E-state index contributed by atoms with van der Waals surface area (Å²) < 4.78 is 0. The summed E-state index contributed by atoms with van der Waals surface area (Å²) in [5.41, 5.74) is 3.82. The van der Waals surface area contributed by atoms with Crippen LogP contribution in [0.25, 0.3) is 0 Å². The lowest BCUT2D eigenvalue weighted by Crippen LogP contribution is -2.50. The van der Waals surface area contributed by atoms with Crippen LogP contribution in [-0.4, -0.2) is 52.8 Å². The van der Waals surface area contributed by atoms with Crippen molar-refractivity contribution in [1.29, 1.82) is 0 Å². The van der Waals surface area contributed by atoms with Gasteiger partial charge in [-0.25, -0.2) is 4.98 Å². The van der Waals surface area contributed by atoms with Crippen LogP contribution in [0.5, 0.6) is 0 Å². The number of rotatable bonds is 2. The van der Waals surface area contributed by atoms with Crippen molar-refractivity contribution < 1.29 is 9.59 Å². The molecule has 1 aromatic carbocycles. The second-order valence-corrected chi connectivity index (χ2v) is 7.73. The summed E-state index contributed by atoms with van der Waals surface area (Å²) in [5.74, 6) is 0.0707. The zero-order valence-corrected chi connectivity index (χ0v) is 15.9. The number of thiazole rings is 1. The minimum absolute atomic E-state index is 0.0291. The summed E-state index contributed by atoms with van der Waals surface area (Å²) in [6.07, 6.45) is 0. The van der Waals surface area contributed by atoms with Crippen molar-refractivity contribution in [2.24, 2.45) is 0 Å². The molecule has 6 heteroatoms. The van der Waals surface area contributed by atoms with Gasteiger partial charge in [0.25, 0.3) is 11.8 Å². The molecule has 5 nitrogen and oxygen atoms in total. The molecule has 25 heavy (non-hydrogen) atoms. The van der Waals surface area contributed by atoms with Crippen molar-refractivity contribution >= 4 is 23.2 Å². The Morgan fingerprint density at radius 3 is 2.04 bits per heavy atom. The number of benzene rings is 1. The molecule has 132 valence electrons. The van der Waals surface area contributed by atoms with Crippen molar-refractivity contribution in [2.75, 3.05) is 26.2 Å². The van der Waals surface area contributed by atoms with Crippen molar-refractivity contribution in [1.82, 2.24) is 14.8 Å². The second kappa shape index (κ2) is 6.96. The highest BCUT2D eigenvalue weighted by Crippen LogP contribution is 2.20. The molecule has 2 amide bonds. The standard InChI is InChI=1S/C19H23N3O2S/c1-12-5-6-16(11-13(12)2)18(23)21-7-9-22(10-8-21)19(24)17-14(3)20-15(4)25-17/h5-6,11H,7-10H2,1-4H3. The molecule has 2 aromatic rings. The van der Waals surface area contributed by atoms with Crippen LogP contribution in [-0.2, 0) is 0 Å². The Bertz CT molecular complexity index is 820. The molecule has 0 bridgehead atoms. The third-order valence-corrected chi connectivity index (χ3v) is 5.77. The van der Waals surface area contributed by atoms with Crippen LogP contribution in [0, 0.1) is 27.7 Å². The van der Waals surface area contributed by atoms with E-state index in [2.05, 4.69) is 4.98 Å². The predicted octanol–water partition coefficient (Wildman–Crippen LogP) is 2.97.